The molecule has 18 heavy (non-hydrogen) atoms. The fraction of sp³-hybridized carbons (Fsp3) is 0.562. The van der Waals surface area contributed by atoms with E-state index in [0.29, 0.717) is 6.42 Å². The van der Waals surface area contributed by atoms with Gasteiger partial charge in [0.1, 0.15) is 0 Å². The second-order valence-electron chi connectivity index (χ2n) is 2.68. The molecule has 0 unspecified atom stereocenters. The van der Waals surface area contributed by atoms with E-state index in [-0.39, 0.29) is 5.97 Å². The summed E-state index contributed by atoms with van der Waals surface area (Å²) in [5.74, 6) is -0.190. The molecule has 0 aromatic heterocycles. The topological polar surface area (TPSA) is 26.3 Å². The van der Waals surface area contributed by atoms with Gasteiger partial charge in [0.25, 0.3) is 0 Å². The van der Waals surface area contributed by atoms with E-state index in [4.69, 9.17) is 0 Å². The zero-order chi connectivity index (χ0) is 15.0. The van der Waals surface area contributed by atoms with Crippen molar-refractivity contribution >= 4 is 5.97 Å². The van der Waals surface area contributed by atoms with Crippen molar-refractivity contribution in [2.75, 3.05) is 7.11 Å². The summed E-state index contributed by atoms with van der Waals surface area (Å²) >= 11 is 0. The van der Waals surface area contributed by atoms with Crippen molar-refractivity contribution in [3.8, 4) is 0 Å². The second-order valence-corrected chi connectivity index (χ2v) is 2.68. The summed E-state index contributed by atoms with van der Waals surface area (Å²) in [4.78, 5) is 10.9. The highest BCUT2D eigenvalue weighted by atomic mass is 16.5. The van der Waals surface area contributed by atoms with Gasteiger partial charge in [0, 0.05) is 0 Å². The number of rotatable bonds is 2. The number of esters is 1. The lowest BCUT2D eigenvalue weighted by Crippen LogP contribution is -2.05. The van der Waals surface area contributed by atoms with Crippen molar-refractivity contribution in [3.63, 3.8) is 0 Å². The highest BCUT2D eigenvalue weighted by molar-refractivity contribution is 5.72. The third kappa shape index (κ3) is 11.2. The minimum Gasteiger partial charge on any atom is -0.469 e. The summed E-state index contributed by atoms with van der Waals surface area (Å²) in [7, 11) is 1.40. The van der Waals surface area contributed by atoms with E-state index in [1.54, 1.807) is 0 Å². The molecule has 1 aromatic carbocycles. The third-order valence-electron chi connectivity index (χ3n) is 1.82. The SMILES string of the molecule is CC.CC.CC.COC(=O)Cc1ccccc1C. The summed E-state index contributed by atoms with van der Waals surface area (Å²) in [6.45, 7) is 14.0. The summed E-state index contributed by atoms with van der Waals surface area (Å²) in [6, 6.07) is 7.80. The van der Waals surface area contributed by atoms with Crippen LogP contribution in [0.1, 0.15) is 52.7 Å². The first kappa shape index (κ1) is 21.9. The Hall–Kier alpha value is -1.31. The van der Waals surface area contributed by atoms with E-state index in [9.17, 15) is 4.79 Å². The van der Waals surface area contributed by atoms with Gasteiger partial charge in [-0.25, -0.2) is 0 Å². The quantitative estimate of drug-likeness (QED) is 0.709. The van der Waals surface area contributed by atoms with Gasteiger partial charge in [-0.15, -0.1) is 0 Å². The lowest BCUT2D eigenvalue weighted by Gasteiger charge is -2.02. The van der Waals surface area contributed by atoms with Crippen LogP contribution in [0.15, 0.2) is 24.3 Å². The number of methoxy groups -OCH3 is 1. The first-order valence-electron chi connectivity index (χ1n) is 6.85. The van der Waals surface area contributed by atoms with Gasteiger partial charge in [-0.2, -0.15) is 0 Å². The van der Waals surface area contributed by atoms with E-state index >= 15 is 0 Å². The van der Waals surface area contributed by atoms with Gasteiger partial charge >= 0.3 is 5.97 Å². The van der Waals surface area contributed by atoms with Gasteiger partial charge in [0.2, 0.25) is 0 Å². The van der Waals surface area contributed by atoms with Crippen LogP contribution in [0.3, 0.4) is 0 Å². The molecule has 0 amide bonds. The summed E-state index contributed by atoms with van der Waals surface area (Å²) in [5, 5.41) is 0. The molecule has 0 radical (unpaired) electrons. The number of carbonyl (C=O) groups excluding carboxylic acids is 1. The highest BCUT2D eigenvalue weighted by Crippen LogP contribution is 2.07. The maximum Gasteiger partial charge on any atom is 0.309 e. The fourth-order valence-corrected chi connectivity index (χ4v) is 1.04. The van der Waals surface area contributed by atoms with Gasteiger partial charge in [-0.05, 0) is 18.1 Å². The van der Waals surface area contributed by atoms with Gasteiger partial charge in [0.15, 0.2) is 0 Å². The van der Waals surface area contributed by atoms with E-state index in [0.717, 1.165) is 11.1 Å². The molecule has 0 saturated heterocycles. The average molecular weight is 254 g/mol. The molecule has 0 aliphatic rings. The second kappa shape index (κ2) is 18.1. The number of benzene rings is 1. The van der Waals surface area contributed by atoms with Crippen LogP contribution in [0.2, 0.25) is 0 Å². The molecule has 0 N–H and O–H groups in total. The molecule has 0 saturated carbocycles. The number of carbonyl (C=O) groups is 1. The molecule has 1 rings (SSSR count). The summed E-state index contributed by atoms with van der Waals surface area (Å²) < 4.78 is 4.57. The van der Waals surface area contributed by atoms with Crippen LogP contribution in [-0.2, 0) is 16.0 Å². The normalized spacial score (nSPS) is 7.33. The minimum atomic E-state index is -0.190. The summed E-state index contributed by atoms with van der Waals surface area (Å²) in [5.41, 5.74) is 2.16. The van der Waals surface area contributed by atoms with E-state index < -0.39 is 0 Å². The van der Waals surface area contributed by atoms with Crippen molar-refractivity contribution in [3.05, 3.63) is 35.4 Å². The molecule has 0 atom stereocenters. The molecule has 0 spiro atoms. The first-order chi connectivity index (χ1) is 8.74. The summed E-state index contributed by atoms with van der Waals surface area (Å²) in [6.07, 6.45) is 0.364. The molecular formula is C16H30O2. The predicted octanol–water partition coefficient (Wildman–Crippen LogP) is 4.79. The Balaban J connectivity index is -0.000000328. The average Bonchev–Trinajstić information content (AvgIpc) is 2.47. The van der Waals surface area contributed by atoms with Crippen molar-refractivity contribution in [1.29, 1.82) is 0 Å². The Morgan fingerprint density at radius 2 is 1.44 bits per heavy atom. The number of aryl methyl sites for hydroxylation is 1. The Labute approximate surface area is 113 Å². The Morgan fingerprint density at radius 3 is 1.83 bits per heavy atom. The van der Waals surface area contributed by atoms with Crippen LogP contribution in [-0.4, -0.2) is 13.1 Å². The Kier molecular flexibility index (Phi) is 22.0. The molecule has 2 heteroatoms. The Morgan fingerprint density at radius 1 is 1.00 bits per heavy atom. The maximum atomic E-state index is 10.9. The minimum absolute atomic E-state index is 0.190. The molecule has 0 heterocycles. The van der Waals surface area contributed by atoms with E-state index in [1.807, 2.05) is 72.7 Å². The number of ether oxygens (including phenoxy) is 1. The standard InChI is InChI=1S/C10H12O2.3C2H6/c1-8-5-3-4-6-9(8)7-10(11)12-2;3*1-2/h3-6H,7H2,1-2H3;3*1-2H3. The van der Waals surface area contributed by atoms with E-state index in [2.05, 4.69) is 4.74 Å². The number of hydrogen-bond acceptors (Lipinski definition) is 2. The van der Waals surface area contributed by atoms with Gasteiger partial charge < -0.3 is 4.74 Å². The van der Waals surface area contributed by atoms with Gasteiger partial charge in [0.05, 0.1) is 13.5 Å². The fourth-order valence-electron chi connectivity index (χ4n) is 1.04. The number of hydrogen-bond donors (Lipinski definition) is 0. The van der Waals surface area contributed by atoms with Crippen molar-refractivity contribution in [1.82, 2.24) is 0 Å². The monoisotopic (exact) mass is 254 g/mol. The highest BCUT2D eigenvalue weighted by Gasteiger charge is 2.03. The van der Waals surface area contributed by atoms with Crippen molar-refractivity contribution in [2.24, 2.45) is 0 Å². The zero-order valence-corrected chi connectivity index (χ0v) is 13.3. The van der Waals surface area contributed by atoms with Crippen molar-refractivity contribution in [2.45, 2.75) is 54.9 Å². The van der Waals surface area contributed by atoms with Crippen LogP contribution in [0, 0.1) is 6.92 Å². The van der Waals surface area contributed by atoms with Crippen LogP contribution >= 0.6 is 0 Å². The zero-order valence-electron chi connectivity index (χ0n) is 13.3. The molecule has 106 valence electrons. The van der Waals surface area contributed by atoms with Crippen LogP contribution in [0.25, 0.3) is 0 Å². The molecule has 1 aromatic rings. The molecule has 2 nitrogen and oxygen atoms in total. The Bertz CT molecular complexity index is 280. The van der Waals surface area contributed by atoms with Crippen LogP contribution in [0.5, 0.6) is 0 Å². The lowest BCUT2D eigenvalue weighted by atomic mass is 10.1. The van der Waals surface area contributed by atoms with Crippen molar-refractivity contribution < 1.29 is 9.53 Å². The third-order valence-corrected chi connectivity index (χ3v) is 1.82. The van der Waals surface area contributed by atoms with Gasteiger partial charge in [-0.1, -0.05) is 65.8 Å². The van der Waals surface area contributed by atoms with E-state index in [1.165, 1.54) is 7.11 Å². The smallest absolute Gasteiger partial charge is 0.309 e. The molecule has 0 aliphatic heterocycles. The molecule has 0 aliphatic carbocycles. The maximum absolute atomic E-state index is 10.9. The molecule has 0 bridgehead atoms. The lowest BCUT2D eigenvalue weighted by molar-refractivity contribution is -0.139. The van der Waals surface area contributed by atoms with Gasteiger partial charge in [-0.3, -0.25) is 4.79 Å². The van der Waals surface area contributed by atoms with Crippen LogP contribution in [0.4, 0.5) is 0 Å². The largest absolute Gasteiger partial charge is 0.469 e. The predicted molar refractivity (Wildman–Crippen MR) is 80.9 cm³/mol. The first-order valence-corrected chi connectivity index (χ1v) is 6.85. The molecular weight excluding hydrogens is 224 g/mol. The molecule has 0 fully saturated rings. The van der Waals surface area contributed by atoms with Crippen LogP contribution < -0.4 is 0 Å².